The number of rotatable bonds is 8. The van der Waals surface area contributed by atoms with Gasteiger partial charge >= 0.3 is 26.2 Å². The summed E-state index contributed by atoms with van der Waals surface area (Å²) in [4.78, 5) is 0. The molecule has 0 amide bonds. The Bertz CT molecular complexity index is 2270. The topological polar surface area (TPSA) is 0 Å². The van der Waals surface area contributed by atoms with Crippen LogP contribution >= 0.6 is 0 Å². The first-order valence-corrected chi connectivity index (χ1v) is 23.7. The summed E-state index contributed by atoms with van der Waals surface area (Å²) in [5.74, 6) is 0. The second-order valence-electron chi connectivity index (χ2n) is 17.2. The van der Waals surface area contributed by atoms with Gasteiger partial charge in [-0.15, -0.1) is 44.8 Å². The van der Waals surface area contributed by atoms with Crippen molar-refractivity contribution in [3.63, 3.8) is 0 Å². The zero-order chi connectivity index (χ0) is 42.4. The van der Waals surface area contributed by atoms with Crippen LogP contribution in [0.3, 0.4) is 0 Å². The Morgan fingerprint density at radius 3 is 0.850 bits per heavy atom. The molecule has 0 nitrogen and oxygen atoms in total. The van der Waals surface area contributed by atoms with Gasteiger partial charge < -0.3 is 0 Å². The van der Waals surface area contributed by atoms with E-state index in [4.69, 9.17) is 0 Å². The first kappa shape index (κ1) is 46.7. The zero-order valence-corrected chi connectivity index (χ0v) is 41.8. The van der Waals surface area contributed by atoms with Gasteiger partial charge in [-0.05, 0) is 79.4 Å². The third-order valence-electron chi connectivity index (χ3n) is 11.1. The Morgan fingerprint density at radius 1 is 0.367 bits per heavy atom. The molecule has 2 heteroatoms. The van der Waals surface area contributed by atoms with Crippen molar-refractivity contribution in [1.29, 1.82) is 0 Å². The molecule has 0 aliphatic rings. The average molecular weight is 880 g/mol. The number of hydrogen-bond acceptors (Lipinski definition) is 0. The molecule has 0 aliphatic heterocycles. The minimum atomic E-state index is 0. The molecule has 0 N–H and O–H groups in total. The second-order valence-corrected chi connectivity index (χ2v) is 18.2. The fraction of sp³-hybridized carbons (Fsp3) is 0.276. The molecule has 0 atom stereocenters. The monoisotopic (exact) mass is 878 g/mol. The minimum Gasteiger partial charge on any atom is -0.164 e. The van der Waals surface area contributed by atoms with Crippen molar-refractivity contribution in [2.75, 3.05) is 0 Å². The van der Waals surface area contributed by atoms with Crippen molar-refractivity contribution in [2.24, 2.45) is 0 Å². The van der Waals surface area contributed by atoms with Crippen LogP contribution in [-0.4, -0.2) is 9.52 Å². The molecule has 0 saturated heterocycles. The molecule has 2 radical (unpaired) electrons. The quantitative estimate of drug-likeness (QED) is 0.105. The normalized spacial score (nSPS) is 10.9. The Balaban J connectivity index is 0.000000210. The van der Waals surface area contributed by atoms with Gasteiger partial charge in [0, 0.05) is 9.52 Å². The molecule has 0 spiro atoms. The SMILES string of the molecule is CCCc1cc2c(-c3cc(C)cc(C)c3)ccc(-c3cc(C)cc(C)c3)c2[cH-]1.CCCc1cc2c(-c3cc(C)cc(C)c3)ccc(-c3cc(C)cc(C)c3)c2[cH-]1.C[Si]C.[Zr+2]. The Morgan fingerprint density at radius 2 is 0.600 bits per heavy atom. The maximum atomic E-state index is 2.41. The van der Waals surface area contributed by atoms with Crippen molar-refractivity contribution in [3.05, 3.63) is 177 Å². The predicted octanol–water partition coefficient (Wildman–Crippen LogP) is 16.9. The molecule has 0 heterocycles. The molecule has 304 valence electrons. The average Bonchev–Trinajstić information content (AvgIpc) is 3.78. The molecular formula is C58H64SiZr. The van der Waals surface area contributed by atoms with E-state index in [1.54, 1.807) is 0 Å². The molecule has 0 aromatic heterocycles. The smallest absolute Gasteiger partial charge is 0.164 e. The van der Waals surface area contributed by atoms with Crippen LogP contribution in [0.2, 0.25) is 13.1 Å². The maximum Gasteiger partial charge on any atom is 2.00 e. The van der Waals surface area contributed by atoms with Crippen molar-refractivity contribution in [1.82, 2.24) is 0 Å². The summed E-state index contributed by atoms with van der Waals surface area (Å²) in [6.45, 7) is 26.3. The fourth-order valence-electron chi connectivity index (χ4n) is 9.11. The third kappa shape index (κ3) is 11.1. The van der Waals surface area contributed by atoms with E-state index in [1.165, 1.54) is 135 Å². The van der Waals surface area contributed by atoms with E-state index in [1.807, 2.05) is 0 Å². The van der Waals surface area contributed by atoms with E-state index in [0.717, 1.165) is 22.4 Å². The molecule has 0 aliphatic carbocycles. The van der Waals surface area contributed by atoms with E-state index in [9.17, 15) is 0 Å². The summed E-state index contributed by atoms with van der Waals surface area (Å²) in [5.41, 5.74) is 24.1. The van der Waals surface area contributed by atoms with Gasteiger partial charge in [0.05, 0.1) is 0 Å². The third-order valence-corrected chi connectivity index (χ3v) is 11.1. The maximum absolute atomic E-state index is 2.41. The minimum absolute atomic E-state index is 0. The van der Waals surface area contributed by atoms with Gasteiger partial charge in [0.1, 0.15) is 0 Å². The van der Waals surface area contributed by atoms with Gasteiger partial charge in [0.15, 0.2) is 0 Å². The number of aryl methyl sites for hydroxylation is 10. The zero-order valence-electron chi connectivity index (χ0n) is 38.4. The van der Waals surface area contributed by atoms with Gasteiger partial charge in [-0.1, -0.05) is 215 Å². The van der Waals surface area contributed by atoms with Crippen molar-refractivity contribution in [3.8, 4) is 44.5 Å². The van der Waals surface area contributed by atoms with E-state index >= 15 is 0 Å². The number of benzene rings is 6. The number of fused-ring (bicyclic) bond motifs is 2. The largest absolute Gasteiger partial charge is 2.00 e. The van der Waals surface area contributed by atoms with Crippen LogP contribution in [0.25, 0.3) is 66.1 Å². The van der Waals surface area contributed by atoms with Crippen molar-refractivity contribution < 1.29 is 26.2 Å². The molecule has 8 rings (SSSR count). The summed E-state index contributed by atoms with van der Waals surface area (Å²) >= 11 is 0. The molecule has 0 unspecified atom stereocenters. The van der Waals surface area contributed by atoms with Gasteiger partial charge in [-0.2, -0.15) is 12.1 Å². The standard InChI is InChI=1S/2C28H29.C2H6Si.Zr/c2*1-6-7-22-16-27-25(23-12-18(2)10-19(3)13-23)8-9-26(28(27)17-22)24-14-20(4)11-21(5)15-24;1-3-2;/h2*8-17H,6-7H2,1-5H3;1-2H3;/q2*-1;;+2. The summed E-state index contributed by atoms with van der Waals surface area (Å²) in [7, 11) is 1.08. The first-order chi connectivity index (χ1) is 28.3. The van der Waals surface area contributed by atoms with Crippen molar-refractivity contribution in [2.45, 2.75) is 108 Å². The van der Waals surface area contributed by atoms with E-state index in [0.29, 0.717) is 0 Å². The van der Waals surface area contributed by atoms with Crippen LogP contribution in [0.15, 0.2) is 121 Å². The van der Waals surface area contributed by atoms with Crippen LogP contribution in [0.5, 0.6) is 0 Å². The molecule has 0 bridgehead atoms. The van der Waals surface area contributed by atoms with Crippen LogP contribution in [0.4, 0.5) is 0 Å². The van der Waals surface area contributed by atoms with Crippen LogP contribution in [0, 0.1) is 55.4 Å². The summed E-state index contributed by atoms with van der Waals surface area (Å²) in [6.07, 6.45) is 4.61. The Hall–Kier alpha value is -4.36. The van der Waals surface area contributed by atoms with Gasteiger partial charge in [-0.25, -0.2) is 0 Å². The van der Waals surface area contributed by atoms with Crippen LogP contribution < -0.4 is 0 Å². The van der Waals surface area contributed by atoms with Crippen LogP contribution in [-0.2, 0) is 39.0 Å². The van der Waals surface area contributed by atoms with Gasteiger partial charge in [0.2, 0.25) is 0 Å². The van der Waals surface area contributed by atoms with Crippen molar-refractivity contribution >= 4 is 31.1 Å². The molecular weight excluding hydrogens is 816 g/mol. The summed E-state index contributed by atoms with van der Waals surface area (Å²) in [6, 6.07) is 46.4. The van der Waals surface area contributed by atoms with E-state index < -0.39 is 0 Å². The first-order valence-electron chi connectivity index (χ1n) is 21.7. The van der Waals surface area contributed by atoms with E-state index in [-0.39, 0.29) is 26.2 Å². The Kier molecular flexibility index (Phi) is 16.3. The number of hydrogen-bond donors (Lipinski definition) is 0. The van der Waals surface area contributed by atoms with Crippen LogP contribution in [0.1, 0.15) is 82.3 Å². The molecule has 0 fully saturated rings. The molecule has 8 aromatic rings. The molecule has 0 saturated carbocycles. The molecule has 60 heavy (non-hydrogen) atoms. The Labute approximate surface area is 384 Å². The predicted molar refractivity (Wildman–Crippen MR) is 264 cm³/mol. The van der Waals surface area contributed by atoms with Gasteiger partial charge in [-0.3, -0.25) is 0 Å². The summed E-state index contributed by atoms with van der Waals surface area (Å²) in [5, 5.41) is 5.52. The second kappa shape index (κ2) is 20.9. The van der Waals surface area contributed by atoms with Gasteiger partial charge in [0.25, 0.3) is 0 Å². The van der Waals surface area contributed by atoms with E-state index in [2.05, 4.69) is 204 Å². The molecule has 8 aromatic carbocycles. The summed E-state index contributed by atoms with van der Waals surface area (Å²) < 4.78 is 0. The fourth-order valence-corrected chi connectivity index (χ4v) is 9.11.